The van der Waals surface area contributed by atoms with E-state index in [4.69, 9.17) is 34.0 Å². The van der Waals surface area contributed by atoms with E-state index >= 15 is 0 Å². The van der Waals surface area contributed by atoms with Gasteiger partial charge in [-0.3, -0.25) is 0 Å². The van der Waals surface area contributed by atoms with Gasteiger partial charge in [0.2, 0.25) is 0 Å². The topological polar surface area (TPSA) is 129 Å². The summed E-state index contributed by atoms with van der Waals surface area (Å²) in [6.07, 6.45) is -3.13. The summed E-state index contributed by atoms with van der Waals surface area (Å²) in [7, 11) is 0. The first-order chi connectivity index (χ1) is 19.4. The molecule has 4 rings (SSSR count). The minimum Gasteiger partial charge on any atom is -0.450 e. The van der Waals surface area contributed by atoms with Gasteiger partial charge in [0.05, 0.1) is 0 Å². The Morgan fingerprint density at radius 2 is 0.575 bits per heavy atom. The third-order valence-electron chi connectivity index (χ3n) is 4.80. The maximum Gasteiger partial charge on any atom is 0.508 e. The van der Waals surface area contributed by atoms with Crippen LogP contribution in [-0.2, 0) is 45.4 Å². The lowest BCUT2D eigenvalue weighted by molar-refractivity contribution is 0.0438. The zero-order valence-corrected chi connectivity index (χ0v) is 21.6. The molecular formula is C31H30O9. The van der Waals surface area contributed by atoms with Gasteiger partial charge in [-0.15, -0.1) is 0 Å². The van der Waals surface area contributed by atoms with Crippen LogP contribution in [0.1, 0.15) is 22.3 Å². The second-order valence-electron chi connectivity index (χ2n) is 7.88. The Balaban J connectivity index is 0.000000247. The summed E-state index contributed by atoms with van der Waals surface area (Å²) in [5.41, 5.74) is 3.76. The monoisotopic (exact) mass is 546 g/mol. The van der Waals surface area contributed by atoms with Gasteiger partial charge < -0.3 is 29.2 Å². The lowest BCUT2D eigenvalue weighted by Crippen LogP contribution is -2.07. The van der Waals surface area contributed by atoms with Crippen LogP contribution in [0.15, 0.2) is 121 Å². The molecule has 0 aliphatic rings. The summed E-state index contributed by atoms with van der Waals surface area (Å²) in [5, 5.41) is 13.9. The fourth-order valence-corrected chi connectivity index (χ4v) is 2.95. The quantitative estimate of drug-likeness (QED) is 0.219. The van der Waals surface area contributed by atoms with Crippen LogP contribution >= 0.6 is 0 Å². The molecule has 0 aliphatic carbocycles. The number of benzene rings is 4. The van der Waals surface area contributed by atoms with Gasteiger partial charge in [-0.2, -0.15) is 0 Å². The zero-order chi connectivity index (χ0) is 28.8. The minimum atomic E-state index is -1.83. The summed E-state index contributed by atoms with van der Waals surface area (Å²) >= 11 is 0. The third kappa shape index (κ3) is 15.1. The maximum atomic E-state index is 11.3. The lowest BCUT2D eigenvalue weighted by Gasteiger charge is -2.06. The van der Waals surface area contributed by atoms with E-state index in [1.165, 1.54) is 0 Å². The summed E-state index contributed by atoms with van der Waals surface area (Å²) in [5.74, 6) is 0. The van der Waals surface area contributed by atoms with E-state index < -0.39 is 18.5 Å². The fraction of sp³-hybridized carbons (Fsp3) is 0.129. The van der Waals surface area contributed by atoms with Gasteiger partial charge in [-0.25, -0.2) is 14.4 Å². The second-order valence-corrected chi connectivity index (χ2v) is 7.88. The Bertz CT molecular complexity index is 1060. The number of hydrogen-bond acceptors (Lipinski definition) is 7. The van der Waals surface area contributed by atoms with Gasteiger partial charge >= 0.3 is 18.5 Å². The molecule has 4 aromatic rings. The van der Waals surface area contributed by atoms with Gasteiger partial charge in [0.1, 0.15) is 26.4 Å². The van der Waals surface area contributed by atoms with Gasteiger partial charge in [0, 0.05) is 0 Å². The van der Waals surface area contributed by atoms with Crippen molar-refractivity contribution >= 4 is 18.5 Å². The molecular weight excluding hydrogens is 516 g/mol. The average molecular weight is 547 g/mol. The van der Waals surface area contributed by atoms with Crippen molar-refractivity contribution in [3.63, 3.8) is 0 Å². The molecule has 0 bridgehead atoms. The molecule has 9 heteroatoms. The van der Waals surface area contributed by atoms with Gasteiger partial charge in [-0.1, -0.05) is 121 Å². The fourth-order valence-electron chi connectivity index (χ4n) is 2.95. The van der Waals surface area contributed by atoms with Crippen molar-refractivity contribution in [3.05, 3.63) is 144 Å². The average Bonchev–Trinajstić information content (AvgIpc) is 2.99. The molecule has 0 saturated heterocycles. The Morgan fingerprint density at radius 3 is 0.750 bits per heavy atom. The van der Waals surface area contributed by atoms with Crippen LogP contribution in [0.4, 0.5) is 14.4 Å². The van der Waals surface area contributed by atoms with Crippen molar-refractivity contribution < 1.29 is 43.5 Å². The van der Waals surface area contributed by atoms with Crippen molar-refractivity contribution in [2.75, 3.05) is 0 Å². The Hall–Kier alpha value is -5.31. The SMILES string of the molecule is O=C(O)O.O=C(OCc1ccccc1)OCc1ccccc1.O=C(OCc1ccccc1)OCc1ccccc1. The Morgan fingerprint density at radius 1 is 0.400 bits per heavy atom. The molecule has 0 heterocycles. The minimum absolute atomic E-state index is 0.231. The normalized spacial score (nSPS) is 9.40. The van der Waals surface area contributed by atoms with Crippen LogP contribution in [0, 0.1) is 0 Å². The zero-order valence-electron chi connectivity index (χ0n) is 21.6. The van der Waals surface area contributed by atoms with E-state index in [-0.39, 0.29) is 26.4 Å². The molecule has 0 aromatic heterocycles. The van der Waals surface area contributed by atoms with Gasteiger partial charge in [0.15, 0.2) is 0 Å². The molecule has 40 heavy (non-hydrogen) atoms. The van der Waals surface area contributed by atoms with E-state index in [9.17, 15) is 9.59 Å². The molecule has 0 atom stereocenters. The molecule has 0 unspecified atom stereocenters. The van der Waals surface area contributed by atoms with Crippen molar-refractivity contribution in [1.29, 1.82) is 0 Å². The molecule has 2 N–H and O–H groups in total. The third-order valence-corrected chi connectivity index (χ3v) is 4.80. The Kier molecular flexibility index (Phi) is 14.6. The Labute approximate surface area is 232 Å². The van der Waals surface area contributed by atoms with E-state index in [1.807, 2.05) is 121 Å². The van der Waals surface area contributed by atoms with E-state index in [0.717, 1.165) is 22.3 Å². The molecule has 0 aliphatic heterocycles. The first kappa shape index (κ1) is 30.9. The highest BCUT2D eigenvalue weighted by molar-refractivity contribution is 5.60. The number of carboxylic acid groups (broad SMARTS) is 2. The predicted octanol–water partition coefficient (Wildman–Crippen LogP) is 7.30. The van der Waals surface area contributed by atoms with Crippen LogP contribution < -0.4 is 0 Å². The van der Waals surface area contributed by atoms with Crippen molar-refractivity contribution in [1.82, 2.24) is 0 Å². The van der Waals surface area contributed by atoms with Crippen LogP contribution in [-0.4, -0.2) is 28.7 Å². The van der Waals surface area contributed by atoms with Crippen molar-refractivity contribution in [2.45, 2.75) is 26.4 Å². The molecule has 0 spiro atoms. The van der Waals surface area contributed by atoms with Crippen LogP contribution in [0.3, 0.4) is 0 Å². The summed E-state index contributed by atoms with van der Waals surface area (Å²) in [6.45, 7) is 0.922. The number of hydrogen-bond donors (Lipinski definition) is 2. The van der Waals surface area contributed by atoms with Gasteiger partial charge in [-0.05, 0) is 22.3 Å². The van der Waals surface area contributed by atoms with E-state index in [0.29, 0.717) is 0 Å². The van der Waals surface area contributed by atoms with Gasteiger partial charge in [0.25, 0.3) is 0 Å². The predicted molar refractivity (Wildman–Crippen MR) is 146 cm³/mol. The summed E-state index contributed by atoms with van der Waals surface area (Å²) in [6, 6.07) is 38.0. The highest BCUT2D eigenvalue weighted by Crippen LogP contribution is 2.06. The van der Waals surface area contributed by atoms with Crippen LogP contribution in [0.2, 0.25) is 0 Å². The number of ether oxygens (including phenoxy) is 4. The molecule has 208 valence electrons. The molecule has 0 fully saturated rings. The lowest BCUT2D eigenvalue weighted by atomic mass is 10.2. The largest absolute Gasteiger partial charge is 0.508 e. The number of carbonyl (C=O) groups excluding carboxylic acids is 2. The summed E-state index contributed by atoms with van der Waals surface area (Å²) < 4.78 is 20.0. The second kappa shape index (κ2) is 18.9. The molecule has 0 saturated carbocycles. The highest BCUT2D eigenvalue weighted by atomic mass is 16.7. The van der Waals surface area contributed by atoms with Crippen molar-refractivity contribution in [3.8, 4) is 0 Å². The number of rotatable bonds is 8. The smallest absolute Gasteiger partial charge is 0.450 e. The molecule has 0 amide bonds. The van der Waals surface area contributed by atoms with Crippen molar-refractivity contribution in [2.24, 2.45) is 0 Å². The first-order valence-electron chi connectivity index (χ1n) is 12.1. The number of carbonyl (C=O) groups is 3. The van der Waals surface area contributed by atoms with Crippen LogP contribution in [0.5, 0.6) is 0 Å². The van der Waals surface area contributed by atoms with E-state index in [1.54, 1.807) is 0 Å². The van der Waals surface area contributed by atoms with E-state index in [2.05, 4.69) is 0 Å². The highest BCUT2D eigenvalue weighted by Gasteiger charge is 2.05. The summed E-state index contributed by atoms with van der Waals surface area (Å²) in [4.78, 5) is 31.2. The maximum absolute atomic E-state index is 11.3. The molecule has 4 aromatic carbocycles. The standard InChI is InChI=1S/2C15H14O3.CH2O3/c2*16-15(17-11-13-7-3-1-4-8-13)18-12-14-9-5-2-6-10-14;2-1(3)4/h2*1-10H,11-12H2;(H2,2,3,4). The molecule has 0 radical (unpaired) electrons. The van der Waals surface area contributed by atoms with Crippen LogP contribution in [0.25, 0.3) is 0 Å². The first-order valence-corrected chi connectivity index (χ1v) is 12.1. The molecule has 9 nitrogen and oxygen atoms in total.